The Balaban J connectivity index is 1.34. The summed E-state index contributed by atoms with van der Waals surface area (Å²) in [5.41, 5.74) is 1.35. The lowest BCUT2D eigenvalue weighted by Crippen LogP contribution is -2.23. The molecule has 9 nitrogen and oxygen atoms in total. The van der Waals surface area contributed by atoms with Crippen LogP contribution in [0.15, 0.2) is 74.8 Å². The normalized spacial score (nSPS) is 12.6. The largest absolute Gasteiger partial charge is 0.494 e. The van der Waals surface area contributed by atoms with Crippen molar-refractivity contribution in [1.29, 1.82) is 0 Å². The highest BCUT2D eigenvalue weighted by molar-refractivity contribution is 7.89. The van der Waals surface area contributed by atoms with E-state index in [1.54, 1.807) is 36.4 Å². The van der Waals surface area contributed by atoms with E-state index in [-0.39, 0.29) is 10.5 Å². The van der Waals surface area contributed by atoms with Crippen LogP contribution in [0.25, 0.3) is 34.5 Å². The van der Waals surface area contributed by atoms with Crippen LogP contribution in [0.5, 0.6) is 5.75 Å². The number of furan rings is 1. The van der Waals surface area contributed by atoms with Gasteiger partial charge in [-0.1, -0.05) is 36.5 Å². The number of nitrogens with two attached hydrogens (primary N) is 1. The second kappa shape index (κ2) is 10.1. The maximum absolute atomic E-state index is 12.8. The summed E-state index contributed by atoms with van der Waals surface area (Å²) in [4.78, 5) is 17.8. The first kappa shape index (κ1) is 24.6. The van der Waals surface area contributed by atoms with E-state index < -0.39 is 10.0 Å². The summed E-state index contributed by atoms with van der Waals surface area (Å²) in [5, 5.41) is 9.45. The van der Waals surface area contributed by atoms with Gasteiger partial charge in [-0.15, -0.1) is 5.10 Å². The molecule has 0 radical (unpaired) electrons. The number of primary sulfonamides is 1. The molecule has 0 amide bonds. The zero-order valence-corrected chi connectivity index (χ0v) is 21.3. The van der Waals surface area contributed by atoms with Crippen LogP contribution in [0.2, 0.25) is 0 Å². The number of fused-ring (bicyclic) bond motifs is 1. The molecule has 188 valence electrons. The van der Waals surface area contributed by atoms with Gasteiger partial charge in [0.05, 0.1) is 11.5 Å². The fourth-order valence-electron chi connectivity index (χ4n) is 3.51. The average Bonchev–Trinajstić information content (AvgIpc) is 3.59. The molecule has 37 heavy (non-hydrogen) atoms. The number of sulfonamides is 1. The summed E-state index contributed by atoms with van der Waals surface area (Å²) < 4.78 is 36.0. The second-order valence-electron chi connectivity index (χ2n) is 8.10. The molecule has 0 bridgehead atoms. The molecule has 0 atom stereocenters. The standard InChI is InChI=1S/C26H22N4O5S2/c1-2-15-34-19-8-3-17(4-9-19)5-14-24-28-26-30(29-24)25(31)23(36-26)16-20-10-13-22(35-20)18-6-11-21(12-7-18)37(27,32)33/h3-14,16H,2,15H2,1H3,(H2,27,32,33)/b14-5+,23-16-. The van der Waals surface area contributed by atoms with E-state index in [1.165, 1.54) is 28.0 Å². The Bertz CT molecular complexity index is 1800. The van der Waals surface area contributed by atoms with E-state index in [0.717, 1.165) is 17.7 Å². The Labute approximate surface area is 216 Å². The van der Waals surface area contributed by atoms with Crippen molar-refractivity contribution in [3.05, 3.63) is 92.7 Å². The molecule has 0 saturated carbocycles. The number of nitrogens with zero attached hydrogens (tertiary/aromatic N) is 3. The molecule has 5 aromatic rings. The van der Waals surface area contributed by atoms with Gasteiger partial charge in [0.2, 0.25) is 15.0 Å². The van der Waals surface area contributed by atoms with Crippen LogP contribution in [0.1, 0.15) is 30.5 Å². The van der Waals surface area contributed by atoms with Crippen LogP contribution in [-0.4, -0.2) is 29.6 Å². The van der Waals surface area contributed by atoms with Crippen molar-refractivity contribution in [2.75, 3.05) is 6.61 Å². The number of hydrogen-bond acceptors (Lipinski definition) is 8. The summed E-state index contributed by atoms with van der Waals surface area (Å²) in [6.45, 7) is 2.74. The van der Waals surface area contributed by atoms with Gasteiger partial charge in [0, 0.05) is 11.6 Å². The van der Waals surface area contributed by atoms with Crippen molar-refractivity contribution in [1.82, 2.24) is 14.6 Å². The Morgan fingerprint density at radius 3 is 2.49 bits per heavy atom. The Morgan fingerprint density at radius 1 is 1.05 bits per heavy atom. The zero-order chi connectivity index (χ0) is 26.0. The lowest BCUT2D eigenvalue weighted by molar-refractivity contribution is 0.317. The second-order valence-corrected chi connectivity index (χ2v) is 10.7. The fourth-order valence-corrected chi connectivity index (χ4v) is 4.92. The number of benzene rings is 2. The van der Waals surface area contributed by atoms with Crippen LogP contribution in [0.4, 0.5) is 0 Å². The first-order valence-electron chi connectivity index (χ1n) is 11.4. The average molecular weight is 535 g/mol. The molecule has 3 heterocycles. The highest BCUT2D eigenvalue weighted by atomic mass is 32.2. The van der Waals surface area contributed by atoms with Crippen LogP contribution < -0.4 is 20.0 Å². The molecule has 0 spiro atoms. The number of rotatable bonds is 8. The van der Waals surface area contributed by atoms with Gasteiger partial charge in [-0.05, 0) is 66.6 Å². The van der Waals surface area contributed by atoms with Crippen molar-refractivity contribution >= 4 is 44.5 Å². The molecular formula is C26H22N4O5S2. The fraction of sp³-hybridized carbons (Fsp3) is 0.115. The molecule has 0 aliphatic rings. The van der Waals surface area contributed by atoms with E-state index in [0.29, 0.717) is 39.0 Å². The van der Waals surface area contributed by atoms with Crippen LogP contribution in [-0.2, 0) is 10.0 Å². The minimum atomic E-state index is -3.77. The summed E-state index contributed by atoms with van der Waals surface area (Å²) in [5.74, 6) is 2.25. The molecule has 2 aromatic carbocycles. The monoisotopic (exact) mass is 534 g/mol. The van der Waals surface area contributed by atoms with Crippen molar-refractivity contribution in [2.45, 2.75) is 18.2 Å². The van der Waals surface area contributed by atoms with Gasteiger partial charge in [0.25, 0.3) is 5.56 Å². The van der Waals surface area contributed by atoms with Crippen molar-refractivity contribution in [3.8, 4) is 17.1 Å². The highest BCUT2D eigenvalue weighted by Gasteiger charge is 2.11. The number of thiazole rings is 1. The molecule has 0 aliphatic carbocycles. The van der Waals surface area contributed by atoms with Crippen molar-refractivity contribution in [2.24, 2.45) is 5.14 Å². The van der Waals surface area contributed by atoms with Gasteiger partial charge in [-0.3, -0.25) is 4.79 Å². The molecule has 0 unspecified atom stereocenters. The van der Waals surface area contributed by atoms with Gasteiger partial charge in [-0.2, -0.15) is 9.50 Å². The number of hydrogen-bond donors (Lipinski definition) is 1. The molecule has 0 saturated heterocycles. The van der Waals surface area contributed by atoms with E-state index in [9.17, 15) is 13.2 Å². The van der Waals surface area contributed by atoms with Crippen LogP contribution >= 0.6 is 11.3 Å². The quantitative estimate of drug-likeness (QED) is 0.322. The maximum Gasteiger partial charge on any atom is 0.291 e. The Morgan fingerprint density at radius 2 is 1.81 bits per heavy atom. The van der Waals surface area contributed by atoms with Crippen LogP contribution in [0.3, 0.4) is 0 Å². The third-order valence-corrected chi connectivity index (χ3v) is 7.23. The van der Waals surface area contributed by atoms with Crippen LogP contribution in [0, 0.1) is 0 Å². The van der Waals surface area contributed by atoms with E-state index in [4.69, 9.17) is 14.3 Å². The predicted octanol–water partition coefficient (Wildman–Crippen LogP) is 3.57. The molecule has 0 aliphatic heterocycles. The van der Waals surface area contributed by atoms with Gasteiger partial charge in [0.15, 0.2) is 5.82 Å². The van der Waals surface area contributed by atoms with Gasteiger partial charge < -0.3 is 9.15 Å². The smallest absolute Gasteiger partial charge is 0.291 e. The predicted molar refractivity (Wildman–Crippen MR) is 143 cm³/mol. The lowest BCUT2D eigenvalue weighted by atomic mass is 10.2. The third kappa shape index (κ3) is 5.53. The zero-order valence-electron chi connectivity index (χ0n) is 19.7. The number of aromatic nitrogens is 3. The van der Waals surface area contributed by atoms with Crippen molar-refractivity contribution in [3.63, 3.8) is 0 Å². The molecule has 5 rings (SSSR count). The minimum Gasteiger partial charge on any atom is -0.494 e. The summed E-state index contributed by atoms with van der Waals surface area (Å²) in [7, 11) is -3.77. The van der Waals surface area contributed by atoms with E-state index in [1.807, 2.05) is 30.3 Å². The third-order valence-electron chi connectivity index (χ3n) is 5.34. The first-order chi connectivity index (χ1) is 17.8. The summed E-state index contributed by atoms with van der Waals surface area (Å²) in [6.07, 6.45) is 6.21. The summed E-state index contributed by atoms with van der Waals surface area (Å²) >= 11 is 1.21. The molecular weight excluding hydrogens is 512 g/mol. The minimum absolute atomic E-state index is 0.0177. The van der Waals surface area contributed by atoms with E-state index >= 15 is 0 Å². The maximum atomic E-state index is 12.8. The topological polar surface area (TPSA) is 130 Å². The van der Waals surface area contributed by atoms with Crippen molar-refractivity contribution < 1.29 is 17.6 Å². The highest BCUT2D eigenvalue weighted by Crippen LogP contribution is 2.24. The number of ether oxygens (including phenoxy) is 1. The molecule has 3 aromatic heterocycles. The molecule has 0 fully saturated rings. The Kier molecular flexibility index (Phi) is 6.74. The SMILES string of the molecule is CCCOc1ccc(/C=C/c2nc3s/c(=C\c4ccc(-c5ccc(S(N)(=O)=O)cc5)o4)c(=O)n3n2)cc1. The first-order valence-corrected chi connectivity index (χ1v) is 13.7. The van der Waals surface area contributed by atoms with Gasteiger partial charge >= 0.3 is 0 Å². The summed E-state index contributed by atoms with van der Waals surface area (Å²) in [6, 6.07) is 17.2. The molecule has 2 N–H and O–H groups in total. The Hall–Kier alpha value is -4.06. The van der Waals surface area contributed by atoms with Gasteiger partial charge in [0.1, 0.15) is 21.8 Å². The van der Waals surface area contributed by atoms with Gasteiger partial charge in [-0.25, -0.2) is 13.6 Å². The van der Waals surface area contributed by atoms with E-state index in [2.05, 4.69) is 17.0 Å². The lowest BCUT2D eigenvalue weighted by Gasteiger charge is -2.03. The molecule has 11 heteroatoms.